The number of halogens is 1. The molecule has 1 N–H and O–H groups in total. The zero-order chi connectivity index (χ0) is 13.8. The van der Waals surface area contributed by atoms with Crippen LogP contribution in [0.3, 0.4) is 0 Å². The molecule has 0 saturated carbocycles. The van der Waals surface area contributed by atoms with Gasteiger partial charge in [-0.3, -0.25) is 0 Å². The van der Waals surface area contributed by atoms with Gasteiger partial charge in [-0.2, -0.15) is 0 Å². The van der Waals surface area contributed by atoms with E-state index in [1.54, 1.807) is 30.3 Å². The Morgan fingerprint density at radius 3 is 2.68 bits per heavy atom. The van der Waals surface area contributed by atoms with Crippen LogP contribution in [-0.2, 0) is 6.42 Å². The molecule has 0 saturated heterocycles. The summed E-state index contributed by atoms with van der Waals surface area (Å²) >= 11 is 6.03. The molecular formula is C15H13ClO3. The third kappa shape index (κ3) is 3.06. The Balaban J connectivity index is 2.34. The molecule has 0 aliphatic rings. The van der Waals surface area contributed by atoms with Crippen molar-refractivity contribution in [3.05, 3.63) is 58.6 Å². The number of hydrogen-bond donors (Lipinski definition) is 1. The topological polar surface area (TPSA) is 46.5 Å². The van der Waals surface area contributed by atoms with E-state index in [-0.39, 0.29) is 5.56 Å². The lowest BCUT2D eigenvalue weighted by atomic mass is 10.1. The summed E-state index contributed by atoms with van der Waals surface area (Å²) in [6.07, 6.45) is 0.788. The molecule has 0 amide bonds. The van der Waals surface area contributed by atoms with E-state index in [2.05, 4.69) is 0 Å². The third-order valence-electron chi connectivity index (χ3n) is 2.74. The lowest BCUT2D eigenvalue weighted by Crippen LogP contribution is -1.99. The minimum atomic E-state index is -1.01. The van der Waals surface area contributed by atoms with Crippen molar-refractivity contribution in [2.75, 3.05) is 0 Å². The van der Waals surface area contributed by atoms with Crippen molar-refractivity contribution in [2.45, 2.75) is 13.3 Å². The molecule has 0 radical (unpaired) electrons. The number of carboxylic acids is 1. The average molecular weight is 277 g/mol. The predicted octanol–water partition coefficient (Wildman–Crippen LogP) is 4.39. The Morgan fingerprint density at radius 2 is 2.00 bits per heavy atom. The van der Waals surface area contributed by atoms with Crippen molar-refractivity contribution < 1.29 is 14.6 Å². The fraction of sp³-hybridized carbons (Fsp3) is 0.133. The van der Waals surface area contributed by atoms with Gasteiger partial charge in [-0.05, 0) is 42.3 Å². The van der Waals surface area contributed by atoms with E-state index in [1.807, 2.05) is 13.0 Å². The highest BCUT2D eigenvalue weighted by Crippen LogP contribution is 2.28. The summed E-state index contributed by atoms with van der Waals surface area (Å²) in [5, 5.41) is 9.77. The number of aryl methyl sites for hydroxylation is 1. The van der Waals surface area contributed by atoms with Crippen LogP contribution in [0.25, 0.3) is 0 Å². The second-order valence-corrected chi connectivity index (χ2v) is 4.42. The van der Waals surface area contributed by atoms with Gasteiger partial charge in [-0.1, -0.05) is 30.7 Å². The Hall–Kier alpha value is -2.00. The molecule has 2 aromatic rings. The fourth-order valence-corrected chi connectivity index (χ4v) is 2.00. The van der Waals surface area contributed by atoms with Gasteiger partial charge in [0.1, 0.15) is 17.1 Å². The van der Waals surface area contributed by atoms with Crippen molar-refractivity contribution in [1.82, 2.24) is 0 Å². The van der Waals surface area contributed by atoms with E-state index in [9.17, 15) is 4.79 Å². The lowest BCUT2D eigenvalue weighted by molar-refractivity contribution is 0.0694. The van der Waals surface area contributed by atoms with Crippen LogP contribution in [0.2, 0.25) is 5.02 Å². The Labute approximate surface area is 116 Å². The summed E-state index contributed by atoms with van der Waals surface area (Å²) in [6, 6.07) is 11.8. The Kier molecular flexibility index (Phi) is 4.07. The van der Waals surface area contributed by atoms with Crippen LogP contribution in [0.15, 0.2) is 42.5 Å². The SMILES string of the molecule is CCc1cc(Oc2ccccc2C(=O)O)ccc1Cl. The van der Waals surface area contributed by atoms with Gasteiger partial charge in [0.2, 0.25) is 0 Å². The van der Waals surface area contributed by atoms with Crippen molar-refractivity contribution in [2.24, 2.45) is 0 Å². The van der Waals surface area contributed by atoms with E-state index >= 15 is 0 Å². The molecule has 98 valence electrons. The molecule has 0 atom stereocenters. The van der Waals surface area contributed by atoms with Gasteiger partial charge in [-0.25, -0.2) is 4.79 Å². The average Bonchev–Trinajstić information content (AvgIpc) is 2.41. The number of carbonyl (C=O) groups is 1. The molecule has 0 aromatic heterocycles. The minimum Gasteiger partial charge on any atom is -0.478 e. The molecule has 2 rings (SSSR count). The number of hydrogen-bond acceptors (Lipinski definition) is 2. The molecule has 0 bridgehead atoms. The first kappa shape index (κ1) is 13.4. The first-order valence-electron chi connectivity index (χ1n) is 5.90. The molecular weight excluding hydrogens is 264 g/mol. The van der Waals surface area contributed by atoms with E-state index < -0.39 is 5.97 Å². The van der Waals surface area contributed by atoms with Crippen LogP contribution in [-0.4, -0.2) is 11.1 Å². The highest BCUT2D eigenvalue weighted by Gasteiger charge is 2.11. The molecule has 2 aromatic carbocycles. The quantitative estimate of drug-likeness (QED) is 0.901. The molecule has 3 nitrogen and oxygen atoms in total. The maximum Gasteiger partial charge on any atom is 0.339 e. The van der Waals surface area contributed by atoms with Crippen molar-refractivity contribution >= 4 is 17.6 Å². The molecule has 0 fully saturated rings. The maximum atomic E-state index is 11.1. The smallest absolute Gasteiger partial charge is 0.339 e. The summed E-state index contributed by atoms with van der Waals surface area (Å²) in [7, 11) is 0. The first-order valence-corrected chi connectivity index (χ1v) is 6.28. The standard InChI is InChI=1S/C15H13ClO3/c1-2-10-9-11(7-8-13(10)16)19-14-6-4-3-5-12(14)15(17)18/h3-9H,2H2,1H3,(H,17,18). The highest BCUT2D eigenvalue weighted by molar-refractivity contribution is 6.31. The number of benzene rings is 2. The number of para-hydroxylation sites is 1. The minimum absolute atomic E-state index is 0.135. The number of aromatic carboxylic acids is 1. The van der Waals surface area contributed by atoms with Gasteiger partial charge >= 0.3 is 5.97 Å². The number of rotatable bonds is 4. The van der Waals surface area contributed by atoms with Gasteiger partial charge in [0.25, 0.3) is 0 Å². The van der Waals surface area contributed by atoms with Gasteiger partial charge in [0.05, 0.1) is 0 Å². The Bertz CT molecular complexity index is 608. The zero-order valence-electron chi connectivity index (χ0n) is 10.4. The molecule has 0 unspecified atom stereocenters. The summed E-state index contributed by atoms with van der Waals surface area (Å²) in [6.45, 7) is 2.00. The normalized spacial score (nSPS) is 10.2. The number of carboxylic acid groups (broad SMARTS) is 1. The summed E-state index contributed by atoms with van der Waals surface area (Å²) in [5.41, 5.74) is 1.10. The highest BCUT2D eigenvalue weighted by atomic mass is 35.5. The predicted molar refractivity (Wildman–Crippen MR) is 74.3 cm³/mol. The van der Waals surface area contributed by atoms with E-state index in [4.69, 9.17) is 21.4 Å². The summed E-state index contributed by atoms with van der Waals surface area (Å²) in [5.74, 6) is -0.116. The van der Waals surface area contributed by atoms with Gasteiger partial charge < -0.3 is 9.84 Å². The second-order valence-electron chi connectivity index (χ2n) is 4.01. The first-order chi connectivity index (χ1) is 9.11. The van der Waals surface area contributed by atoms with Crippen LogP contribution in [0.5, 0.6) is 11.5 Å². The fourth-order valence-electron chi connectivity index (χ4n) is 1.74. The summed E-state index contributed by atoms with van der Waals surface area (Å²) in [4.78, 5) is 11.1. The molecule has 4 heteroatoms. The van der Waals surface area contributed by atoms with E-state index in [1.165, 1.54) is 6.07 Å². The molecule has 0 aliphatic carbocycles. The van der Waals surface area contributed by atoms with Crippen LogP contribution in [0, 0.1) is 0 Å². The van der Waals surface area contributed by atoms with E-state index in [0.29, 0.717) is 16.5 Å². The van der Waals surface area contributed by atoms with Crippen molar-refractivity contribution in [3.8, 4) is 11.5 Å². The van der Waals surface area contributed by atoms with Crippen molar-refractivity contribution in [3.63, 3.8) is 0 Å². The monoisotopic (exact) mass is 276 g/mol. The van der Waals surface area contributed by atoms with Gasteiger partial charge in [0.15, 0.2) is 0 Å². The van der Waals surface area contributed by atoms with Crippen LogP contribution in [0.4, 0.5) is 0 Å². The molecule has 19 heavy (non-hydrogen) atoms. The molecule has 0 spiro atoms. The van der Waals surface area contributed by atoms with E-state index in [0.717, 1.165) is 12.0 Å². The van der Waals surface area contributed by atoms with Gasteiger partial charge in [-0.15, -0.1) is 0 Å². The summed E-state index contributed by atoms with van der Waals surface area (Å²) < 4.78 is 5.63. The molecule has 0 aliphatic heterocycles. The second kappa shape index (κ2) is 5.76. The van der Waals surface area contributed by atoms with Gasteiger partial charge in [0, 0.05) is 5.02 Å². The van der Waals surface area contributed by atoms with Crippen LogP contribution < -0.4 is 4.74 Å². The molecule has 0 heterocycles. The number of ether oxygens (including phenoxy) is 1. The van der Waals surface area contributed by atoms with Crippen LogP contribution >= 0.6 is 11.6 Å². The third-order valence-corrected chi connectivity index (χ3v) is 3.11. The zero-order valence-corrected chi connectivity index (χ0v) is 11.1. The van der Waals surface area contributed by atoms with Crippen LogP contribution in [0.1, 0.15) is 22.8 Å². The largest absolute Gasteiger partial charge is 0.478 e. The lowest BCUT2D eigenvalue weighted by Gasteiger charge is -2.10. The maximum absolute atomic E-state index is 11.1. The Morgan fingerprint density at radius 1 is 1.26 bits per heavy atom. The van der Waals surface area contributed by atoms with Crippen molar-refractivity contribution in [1.29, 1.82) is 0 Å².